The zero-order chi connectivity index (χ0) is 22.5. The third-order valence-electron chi connectivity index (χ3n) is 4.20. The van der Waals surface area contributed by atoms with Gasteiger partial charge in [-0.2, -0.15) is 0 Å². The number of non-ortho nitro benzene ring substituents is 1. The van der Waals surface area contributed by atoms with Crippen LogP contribution in [0.2, 0.25) is 0 Å². The van der Waals surface area contributed by atoms with Crippen LogP contribution in [0.3, 0.4) is 0 Å². The van der Waals surface area contributed by atoms with Crippen molar-refractivity contribution >= 4 is 39.8 Å². The van der Waals surface area contributed by atoms with Crippen molar-refractivity contribution in [1.82, 2.24) is 15.2 Å². The fraction of sp³-hybridized carbons (Fsp3) is 0.100. The number of hydrogen-bond donors (Lipinski definition) is 1. The second-order valence-corrected chi connectivity index (χ2v) is 8.04. The number of carbonyl (C=O) groups excluding carboxylic acids is 1. The van der Waals surface area contributed by atoms with Gasteiger partial charge in [0.1, 0.15) is 5.75 Å². The Hall–Kier alpha value is -3.77. The van der Waals surface area contributed by atoms with Gasteiger partial charge in [0, 0.05) is 23.1 Å². The molecule has 0 spiro atoms. The molecule has 0 saturated carbocycles. The van der Waals surface area contributed by atoms with E-state index in [0.29, 0.717) is 28.0 Å². The number of methoxy groups -OCH3 is 1. The van der Waals surface area contributed by atoms with Crippen molar-refractivity contribution < 1.29 is 18.9 Å². The third kappa shape index (κ3) is 4.92. The molecular formula is C20H15N5O5S2. The van der Waals surface area contributed by atoms with Gasteiger partial charge >= 0.3 is 0 Å². The number of benzene rings is 2. The van der Waals surface area contributed by atoms with Crippen LogP contribution in [0.1, 0.15) is 0 Å². The molecule has 0 unspecified atom stereocenters. The van der Waals surface area contributed by atoms with E-state index in [9.17, 15) is 14.9 Å². The molecule has 4 rings (SSSR count). The molecule has 0 aliphatic heterocycles. The summed E-state index contributed by atoms with van der Waals surface area (Å²) in [6, 6.07) is 13.3. The highest BCUT2D eigenvalue weighted by Crippen LogP contribution is 2.31. The lowest BCUT2D eigenvalue weighted by Gasteiger charge is -2.03. The number of amides is 1. The topological polar surface area (TPSA) is 133 Å². The average Bonchev–Trinajstić information content (AvgIpc) is 3.47. The van der Waals surface area contributed by atoms with Gasteiger partial charge < -0.3 is 14.5 Å². The lowest BCUT2D eigenvalue weighted by Crippen LogP contribution is -2.13. The molecule has 0 fully saturated rings. The highest BCUT2D eigenvalue weighted by atomic mass is 32.2. The van der Waals surface area contributed by atoms with E-state index in [1.54, 1.807) is 36.8 Å². The van der Waals surface area contributed by atoms with Crippen LogP contribution < -0.4 is 10.1 Å². The van der Waals surface area contributed by atoms with Crippen LogP contribution in [0.15, 0.2) is 63.6 Å². The first-order valence-corrected chi connectivity index (χ1v) is 11.0. The number of nitrogens with zero attached hydrogens (tertiary/aromatic N) is 4. The Bertz CT molecular complexity index is 1260. The zero-order valence-corrected chi connectivity index (χ0v) is 18.2. The first kappa shape index (κ1) is 21.5. The smallest absolute Gasteiger partial charge is 0.277 e. The van der Waals surface area contributed by atoms with Crippen molar-refractivity contribution in [2.24, 2.45) is 0 Å². The second kappa shape index (κ2) is 9.58. The summed E-state index contributed by atoms with van der Waals surface area (Å²) in [6.07, 6.45) is 0. The summed E-state index contributed by atoms with van der Waals surface area (Å²) >= 11 is 2.36. The highest BCUT2D eigenvalue weighted by molar-refractivity contribution is 7.99. The van der Waals surface area contributed by atoms with Crippen LogP contribution in [-0.4, -0.2) is 38.9 Å². The normalized spacial score (nSPS) is 10.7. The molecule has 0 atom stereocenters. The lowest BCUT2D eigenvalue weighted by molar-refractivity contribution is -0.384. The first-order chi connectivity index (χ1) is 15.5. The summed E-state index contributed by atoms with van der Waals surface area (Å²) in [7, 11) is 1.56. The van der Waals surface area contributed by atoms with Gasteiger partial charge in [0.25, 0.3) is 16.8 Å². The van der Waals surface area contributed by atoms with E-state index in [1.807, 2.05) is 12.1 Å². The number of hydrogen-bond acceptors (Lipinski definition) is 10. The Morgan fingerprint density at radius 3 is 2.75 bits per heavy atom. The number of nitrogens with one attached hydrogen (secondary N) is 1. The Labute approximate surface area is 189 Å². The van der Waals surface area contributed by atoms with Crippen molar-refractivity contribution in [3.8, 4) is 28.5 Å². The van der Waals surface area contributed by atoms with Crippen molar-refractivity contribution in [2.45, 2.75) is 5.22 Å². The number of thiazole rings is 1. The van der Waals surface area contributed by atoms with Crippen molar-refractivity contribution in [3.63, 3.8) is 0 Å². The van der Waals surface area contributed by atoms with Crippen LogP contribution >= 0.6 is 23.1 Å². The minimum absolute atomic E-state index is 0.00409. The Kier molecular flexibility index (Phi) is 6.42. The Balaban J connectivity index is 1.34. The third-order valence-corrected chi connectivity index (χ3v) is 5.77. The van der Waals surface area contributed by atoms with E-state index in [2.05, 4.69) is 20.5 Å². The summed E-state index contributed by atoms with van der Waals surface area (Å²) in [5.74, 6) is 0.688. The number of carbonyl (C=O) groups is 1. The standard InChI is InChI=1S/C20H15N5O5S2/c1-29-16-5-3-2-4-14(16)18-23-24-20(30-18)32-11-17(26)22-19-21-15(10-31-19)12-6-8-13(9-7-12)25(27)28/h2-10H,11H2,1H3,(H,21,22,26). The van der Waals surface area contributed by atoms with Crippen molar-refractivity contribution in [3.05, 3.63) is 64.0 Å². The lowest BCUT2D eigenvalue weighted by atomic mass is 10.1. The van der Waals surface area contributed by atoms with Gasteiger partial charge in [-0.3, -0.25) is 14.9 Å². The van der Waals surface area contributed by atoms with Crippen LogP contribution in [-0.2, 0) is 4.79 Å². The molecule has 1 N–H and O–H groups in total. The molecule has 0 radical (unpaired) electrons. The predicted molar refractivity (Wildman–Crippen MR) is 120 cm³/mol. The van der Waals surface area contributed by atoms with Crippen LogP contribution in [0.25, 0.3) is 22.7 Å². The fourth-order valence-corrected chi connectivity index (χ4v) is 4.00. The maximum absolute atomic E-state index is 12.3. The summed E-state index contributed by atoms with van der Waals surface area (Å²) in [5.41, 5.74) is 2.01. The number of anilines is 1. The summed E-state index contributed by atoms with van der Waals surface area (Å²) < 4.78 is 10.9. The van der Waals surface area contributed by atoms with Crippen molar-refractivity contribution in [2.75, 3.05) is 18.2 Å². The maximum atomic E-state index is 12.3. The summed E-state index contributed by atoms with van der Waals surface area (Å²) in [6.45, 7) is 0. The number of nitro benzene ring substituents is 1. The minimum Gasteiger partial charge on any atom is -0.496 e. The molecule has 12 heteroatoms. The van der Waals surface area contributed by atoms with E-state index in [-0.39, 0.29) is 22.6 Å². The minimum atomic E-state index is -0.461. The van der Waals surface area contributed by atoms with Crippen molar-refractivity contribution in [1.29, 1.82) is 0 Å². The Morgan fingerprint density at radius 2 is 2.00 bits per heavy atom. The number of nitro groups is 1. The average molecular weight is 470 g/mol. The number of para-hydroxylation sites is 1. The largest absolute Gasteiger partial charge is 0.496 e. The van der Waals surface area contributed by atoms with Gasteiger partial charge in [-0.25, -0.2) is 4.98 Å². The van der Waals surface area contributed by atoms with Gasteiger partial charge in [-0.05, 0) is 24.3 Å². The van der Waals surface area contributed by atoms with Gasteiger partial charge in [0.2, 0.25) is 5.91 Å². The van der Waals surface area contributed by atoms with Gasteiger partial charge in [-0.15, -0.1) is 21.5 Å². The molecule has 0 bridgehead atoms. The van der Waals surface area contributed by atoms with Gasteiger partial charge in [0.05, 0.1) is 29.0 Å². The maximum Gasteiger partial charge on any atom is 0.277 e. The summed E-state index contributed by atoms with van der Waals surface area (Å²) in [4.78, 5) is 26.9. The summed E-state index contributed by atoms with van der Waals surface area (Å²) in [5, 5.41) is 23.9. The SMILES string of the molecule is COc1ccccc1-c1nnc(SCC(=O)Nc2nc(-c3ccc([N+](=O)[O-])cc3)cs2)o1. The molecule has 2 heterocycles. The molecule has 0 aliphatic carbocycles. The molecule has 162 valence electrons. The second-order valence-electron chi connectivity index (χ2n) is 6.25. The zero-order valence-electron chi connectivity index (χ0n) is 16.5. The van der Waals surface area contributed by atoms with E-state index in [1.165, 1.54) is 23.5 Å². The number of ether oxygens (including phenoxy) is 1. The van der Waals surface area contributed by atoms with E-state index >= 15 is 0 Å². The van der Waals surface area contributed by atoms with Crippen LogP contribution in [0.5, 0.6) is 5.75 Å². The highest BCUT2D eigenvalue weighted by Gasteiger charge is 2.15. The van der Waals surface area contributed by atoms with Crippen LogP contribution in [0, 0.1) is 10.1 Å². The molecule has 2 aromatic heterocycles. The number of aromatic nitrogens is 3. The monoisotopic (exact) mass is 469 g/mol. The number of rotatable bonds is 8. The first-order valence-electron chi connectivity index (χ1n) is 9.13. The van der Waals surface area contributed by atoms with E-state index in [0.717, 1.165) is 17.3 Å². The fourth-order valence-electron chi connectivity index (χ4n) is 2.70. The molecule has 0 aliphatic rings. The quantitative estimate of drug-likeness (QED) is 0.225. The van der Waals surface area contributed by atoms with Gasteiger partial charge in [-0.1, -0.05) is 23.9 Å². The van der Waals surface area contributed by atoms with E-state index < -0.39 is 4.92 Å². The molecule has 1 amide bonds. The Morgan fingerprint density at radius 1 is 1.22 bits per heavy atom. The molecule has 0 saturated heterocycles. The van der Waals surface area contributed by atoms with Crippen LogP contribution in [0.4, 0.5) is 10.8 Å². The molecule has 10 nitrogen and oxygen atoms in total. The predicted octanol–water partition coefficient (Wildman–Crippen LogP) is 4.51. The molecule has 32 heavy (non-hydrogen) atoms. The van der Waals surface area contributed by atoms with Gasteiger partial charge in [0.15, 0.2) is 5.13 Å². The molecule has 2 aromatic carbocycles. The molecule has 4 aromatic rings. The van der Waals surface area contributed by atoms with E-state index in [4.69, 9.17) is 9.15 Å². The molecular weight excluding hydrogens is 454 g/mol. The number of thioether (sulfide) groups is 1.